The summed E-state index contributed by atoms with van der Waals surface area (Å²) in [5.41, 5.74) is 10.8. The molecule has 1 aromatic carbocycles. The van der Waals surface area contributed by atoms with Crippen molar-refractivity contribution in [2.24, 2.45) is 0 Å². The lowest BCUT2D eigenvalue weighted by Gasteiger charge is -2.09. The molecule has 0 aliphatic carbocycles. The quantitative estimate of drug-likeness (QED) is 0.838. The van der Waals surface area contributed by atoms with E-state index >= 15 is 0 Å². The van der Waals surface area contributed by atoms with E-state index in [-0.39, 0.29) is 6.04 Å². The monoisotopic (exact) mass is 242 g/mol. The molecular weight excluding hydrogens is 228 g/mol. The van der Waals surface area contributed by atoms with Crippen LogP contribution in [0.4, 0.5) is 5.82 Å². The van der Waals surface area contributed by atoms with E-state index in [4.69, 9.17) is 10.6 Å². The SMILES string of the molecule is Nc1ccnc(-c2ccc([C@H]3CCON3)cc2)n1. The van der Waals surface area contributed by atoms with Gasteiger partial charge in [0.2, 0.25) is 0 Å². The van der Waals surface area contributed by atoms with Crippen LogP contribution >= 0.6 is 0 Å². The van der Waals surface area contributed by atoms with Crippen molar-refractivity contribution in [2.45, 2.75) is 12.5 Å². The van der Waals surface area contributed by atoms with Gasteiger partial charge in [0.15, 0.2) is 5.82 Å². The van der Waals surface area contributed by atoms with Gasteiger partial charge in [-0.05, 0) is 18.1 Å². The molecule has 1 aliphatic rings. The number of nitrogens with two attached hydrogens (primary N) is 1. The van der Waals surface area contributed by atoms with E-state index in [0.717, 1.165) is 18.6 Å². The lowest BCUT2D eigenvalue weighted by atomic mass is 10.0. The Bertz CT molecular complexity index is 535. The van der Waals surface area contributed by atoms with Crippen LogP contribution < -0.4 is 11.2 Å². The van der Waals surface area contributed by atoms with E-state index in [0.29, 0.717) is 11.6 Å². The highest BCUT2D eigenvalue weighted by Gasteiger charge is 2.16. The Hall–Kier alpha value is -1.98. The molecule has 1 saturated heterocycles. The molecule has 1 atom stereocenters. The van der Waals surface area contributed by atoms with Crippen molar-refractivity contribution in [3.05, 3.63) is 42.1 Å². The number of aromatic nitrogens is 2. The lowest BCUT2D eigenvalue weighted by molar-refractivity contribution is 0.0883. The molecule has 18 heavy (non-hydrogen) atoms. The summed E-state index contributed by atoms with van der Waals surface area (Å²) in [5, 5.41) is 0. The molecule has 5 nitrogen and oxygen atoms in total. The van der Waals surface area contributed by atoms with Crippen molar-refractivity contribution in [3.63, 3.8) is 0 Å². The topological polar surface area (TPSA) is 73.1 Å². The molecule has 1 aliphatic heterocycles. The van der Waals surface area contributed by atoms with Crippen LogP contribution in [0.15, 0.2) is 36.5 Å². The summed E-state index contributed by atoms with van der Waals surface area (Å²) < 4.78 is 0. The van der Waals surface area contributed by atoms with Crippen LogP contribution in [-0.2, 0) is 4.84 Å². The first-order valence-corrected chi connectivity index (χ1v) is 5.89. The molecular formula is C13H14N4O. The molecule has 0 amide bonds. The van der Waals surface area contributed by atoms with Gasteiger partial charge in [-0.25, -0.2) is 9.97 Å². The number of anilines is 1. The maximum Gasteiger partial charge on any atom is 0.161 e. The average Bonchev–Trinajstić information content (AvgIpc) is 2.93. The van der Waals surface area contributed by atoms with Gasteiger partial charge < -0.3 is 10.6 Å². The predicted octanol–water partition coefficient (Wildman–Crippen LogP) is 1.69. The second-order valence-electron chi connectivity index (χ2n) is 4.23. The number of nitrogen functional groups attached to an aromatic ring is 1. The Morgan fingerprint density at radius 1 is 1.22 bits per heavy atom. The van der Waals surface area contributed by atoms with Crippen molar-refractivity contribution < 1.29 is 4.84 Å². The van der Waals surface area contributed by atoms with Crippen LogP contribution in [0.1, 0.15) is 18.0 Å². The van der Waals surface area contributed by atoms with Crippen molar-refractivity contribution in [3.8, 4) is 11.4 Å². The number of nitrogens with zero attached hydrogens (tertiary/aromatic N) is 2. The normalized spacial score (nSPS) is 19.0. The van der Waals surface area contributed by atoms with Gasteiger partial charge in [0, 0.05) is 11.8 Å². The molecule has 0 radical (unpaired) electrons. The molecule has 5 heteroatoms. The van der Waals surface area contributed by atoms with E-state index < -0.39 is 0 Å². The third-order valence-corrected chi connectivity index (χ3v) is 2.98. The molecule has 2 heterocycles. The number of hydrogen-bond acceptors (Lipinski definition) is 5. The predicted molar refractivity (Wildman–Crippen MR) is 68.3 cm³/mol. The number of hydroxylamine groups is 1. The minimum atomic E-state index is 0.279. The highest BCUT2D eigenvalue weighted by atomic mass is 16.7. The lowest BCUT2D eigenvalue weighted by Crippen LogP contribution is -2.11. The van der Waals surface area contributed by atoms with Crippen LogP contribution in [0.2, 0.25) is 0 Å². The van der Waals surface area contributed by atoms with Gasteiger partial charge in [-0.2, -0.15) is 5.48 Å². The largest absolute Gasteiger partial charge is 0.384 e. The summed E-state index contributed by atoms with van der Waals surface area (Å²) >= 11 is 0. The van der Waals surface area contributed by atoms with Crippen LogP contribution in [0.5, 0.6) is 0 Å². The molecule has 1 fully saturated rings. The highest BCUT2D eigenvalue weighted by Crippen LogP contribution is 2.23. The molecule has 3 rings (SSSR count). The van der Waals surface area contributed by atoms with Crippen LogP contribution in [-0.4, -0.2) is 16.6 Å². The molecule has 0 bridgehead atoms. The fourth-order valence-electron chi connectivity index (χ4n) is 2.01. The van der Waals surface area contributed by atoms with E-state index in [1.54, 1.807) is 12.3 Å². The summed E-state index contributed by atoms with van der Waals surface area (Å²) in [5.74, 6) is 1.13. The zero-order valence-electron chi connectivity index (χ0n) is 9.84. The number of nitrogens with one attached hydrogen (secondary N) is 1. The van der Waals surface area contributed by atoms with Crippen molar-refractivity contribution in [2.75, 3.05) is 12.3 Å². The Kier molecular flexibility index (Phi) is 2.92. The maximum atomic E-state index is 5.65. The summed E-state index contributed by atoms with van der Waals surface area (Å²) in [6, 6.07) is 10.1. The van der Waals surface area contributed by atoms with Crippen LogP contribution in [0, 0.1) is 0 Å². The molecule has 1 aromatic heterocycles. The summed E-state index contributed by atoms with van der Waals surface area (Å²) in [4.78, 5) is 13.6. The summed E-state index contributed by atoms with van der Waals surface area (Å²) in [6.07, 6.45) is 2.66. The van der Waals surface area contributed by atoms with Crippen molar-refractivity contribution in [1.82, 2.24) is 15.4 Å². The standard InChI is InChI=1S/C13H14N4O/c14-12-5-7-15-13(16-12)10-3-1-9(2-4-10)11-6-8-18-17-11/h1-5,7,11,17H,6,8H2,(H2,14,15,16)/t11-/m1/s1. The van der Waals surface area contributed by atoms with Gasteiger partial charge in [0.25, 0.3) is 0 Å². The first kappa shape index (κ1) is 11.1. The molecule has 0 saturated carbocycles. The van der Waals surface area contributed by atoms with Crippen molar-refractivity contribution >= 4 is 5.82 Å². The highest BCUT2D eigenvalue weighted by molar-refractivity contribution is 5.56. The second-order valence-corrected chi connectivity index (χ2v) is 4.23. The van der Waals surface area contributed by atoms with Gasteiger partial charge in [-0.15, -0.1) is 0 Å². The van der Waals surface area contributed by atoms with Gasteiger partial charge in [-0.3, -0.25) is 0 Å². The molecule has 0 spiro atoms. The summed E-state index contributed by atoms with van der Waals surface area (Å²) in [6.45, 7) is 0.755. The fraction of sp³-hybridized carbons (Fsp3) is 0.231. The fourth-order valence-corrected chi connectivity index (χ4v) is 2.01. The minimum absolute atomic E-state index is 0.279. The maximum absolute atomic E-state index is 5.65. The van der Waals surface area contributed by atoms with Gasteiger partial charge >= 0.3 is 0 Å². The first-order valence-electron chi connectivity index (χ1n) is 5.89. The minimum Gasteiger partial charge on any atom is -0.384 e. The third-order valence-electron chi connectivity index (χ3n) is 2.98. The average molecular weight is 242 g/mol. The first-order chi connectivity index (χ1) is 8.83. The molecule has 92 valence electrons. The Morgan fingerprint density at radius 3 is 2.72 bits per heavy atom. The molecule has 3 N–H and O–H groups in total. The Balaban J connectivity index is 1.86. The zero-order valence-corrected chi connectivity index (χ0v) is 9.84. The third kappa shape index (κ3) is 2.18. The van der Waals surface area contributed by atoms with E-state index in [1.165, 1.54) is 5.56 Å². The zero-order chi connectivity index (χ0) is 12.4. The van der Waals surface area contributed by atoms with Gasteiger partial charge in [0.05, 0.1) is 12.6 Å². The molecule has 0 unspecified atom stereocenters. The number of hydrogen-bond donors (Lipinski definition) is 2. The van der Waals surface area contributed by atoms with Gasteiger partial charge in [0.1, 0.15) is 5.82 Å². The number of benzene rings is 1. The van der Waals surface area contributed by atoms with Crippen LogP contribution in [0.25, 0.3) is 11.4 Å². The van der Waals surface area contributed by atoms with Crippen LogP contribution in [0.3, 0.4) is 0 Å². The summed E-state index contributed by atoms with van der Waals surface area (Å²) in [7, 11) is 0. The smallest absolute Gasteiger partial charge is 0.161 e. The van der Waals surface area contributed by atoms with E-state index in [9.17, 15) is 0 Å². The van der Waals surface area contributed by atoms with E-state index in [1.807, 2.05) is 12.1 Å². The van der Waals surface area contributed by atoms with E-state index in [2.05, 4.69) is 27.6 Å². The van der Waals surface area contributed by atoms with Crippen molar-refractivity contribution in [1.29, 1.82) is 0 Å². The Labute approximate surface area is 105 Å². The Morgan fingerprint density at radius 2 is 2.06 bits per heavy atom. The number of rotatable bonds is 2. The second kappa shape index (κ2) is 4.72. The molecule has 2 aromatic rings. The van der Waals surface area contributed by atoms with Gasteiger partial charge in [-0.1, -0.05) is 24.3 Å².